The minimum absolute atomic E-state index is 0.129. The van der Waals surface area contributed by atoms with Crippen LogP contribution in [0.25, 0.3) is 0 Å². The molecule has 0 spiro atoms. The van der Waals surface area contributed by atoms with E-state index >= 15 is 0 Å². The molecule has 0 aromatic heterocycles. The minimum atomic E-state index is -0.447. The maximum absolute atomic E-state index is 14.5. The predicted molar refractivity (Wildman–Crippen MR) is 72.8 cm³/mol. The van der Waals surface area contributed by atoms with Crippen LogP contribution in [0.3, 0.4) is 0 Å². The zero-order chi connectivity index (χ0) is 13.4. The van der Waals surface area contributed by atoms with Gasteiger partial charge in [0.05, 0.1) is 5.69 Å². The normalized spacial score (nSPS) is 19.6. The van der Waals surface area contributed by atoms with Gasteiger partial charge in [-0.05, 0) is 31.4 Å². The van der Waals surface area contributed by atoms with Gasteiger partial charge >= 0.3 is 0 Å². The lowest BCUT2D eigenvalue weighted by Gasteiger charge is -2.31. The Morgan fingerprint density at radius 2 is 1.89 bits per heavy atom. The number of benzene rings is 1. The van der Waals surface area contributed by atoms with E-state index in [1.807, 2.05) is 0 Å². The molecule has 19 heavy (non-hydrogen) atoms. The number of piperazine rings is 1. The van der Waals surface area contributed by atoms with Gasteiger partial charge < -0.3 is 15.5 Å². The van der Waals surface area contributed by atoms with E-state index in [0.29, 0.717) is 30.4 Å². The summed E-state index contributed by atoms with van der Waals surface area (Å²) in [6.45, 7) is 4.50. The van der Waals surface area contributed by atoms with Crippen molar-refractivity contribution in [2.75, 3.05) is 36.4 Å². The summed E-state index contributed by atoms with van der Waals surface area (Å²) in [5.74, 6) is -0.877. The second-order valence-electron chi connectivity index (χ2n) is 5.37. The first-order valence-corrected chi connectivity index (χ1v) is 6.87. The van der Waals surface area contributed by atoms with Crippen LogP contribution in [-0.4, -0.2) is 32.2 Å². The molecule has 1 heterocycles. The van der Waals surface area contributed by atoms with E-state index in [1.165, 1.54) is 0 Å². The minimum Gasteiger partial charge on any atom is -0.380 e. The molecule has 2 fully saturated rings. The lowest BCUT2D eigenvalue weighted by Crippen LogP contribution is -2.44. The third-order valence-electron chi connectivity index (χ3n) is 3.73. The lowest BCUT2D eigenvalue weighted by molar-refractivity contribution is 0.536. The van der Waals surface area contributed by atoms with E-state index in [-0.39, 0.29) is 5.69 Å². The Balaban J connectivity index is 1.97. The number of anilines is 2. The SMILES string of the molecule is Cc1cc(NC2CC2)c(F)c(N2CCNCC2)c1F. The summed E-state index contributed by atoms with van der Waals surface area (Å²) in [5, 5.41) is 6.34. The van der Waals surface area contributed by atoms with Gasteiger partial charge in [0.2, 0.25) is 0 Å². The Kier molecular flexibility index (Phi) is 3.31. The van der Waals surface area contributed by atoms with Crippen molar-refractivity contribution in [3.63, 3.8) is 0 Å². The predicted octanol–water partition coefficient (Wildman–Crippen LogP) is 2.26. The van der Waals surface area contributed by atoms with Crippen molar-refractivity contribution in [3.05, 3.63) is 23.3 Å². The molecule has 5 heteroatoms. The Morgan fingerprint density at radius 3 is 2.53 bits per heavy atom. The molecular weight excluding hydrogens is 248 g/mol. The highest BCUT2D eigenvalue weighted by molar-refractivity contribution is 5.64. The first-order valence-electron chi connectivity index (χ1n) is 6.87. The first-order chi connectivity index (χ1) is 9.16. The van der Waals surface area contributed by atoms with Crippen LogP contribution in [0, 0.1) is 18.6 Å². The van der Waals surface area contributed by atoms with E-state index in [9.17, 15) is 8.78 Å². The highest BCUT2D eigenvalue weighted by Crippen LogP contribution is 2.34. The molecule has 1 aliphatic heterocycles. The van der Waals surface area contributed by atoms with E-state index in [1.54, 1.807) is 17.9 Å². The molecule has 1 aliphatic carbocycles. The third kappa shape index (κ3) is 2.52. The Hall–Kier alpha value is -1.36. The number of hydrogen-bond donors (Lipinski definition) is 2. The maximum atomic E-state index is 14.5. The van der Waals surface area contributed by atoms with Crippen LogP contribution in [0.4, 0.5) is 20.2 Å². The van der Waals surface area contributed by atoms with Gasteiger partial charge in [-0.25, -0.2) is 8.78 Å². The zero-order valence-electron chi connectivity index (χ0n) is 11.1. The molecule has 1 aromatic carbocycles. The highest BCUT2D eigenvalue weighted by atomic mass is 19.1. The average Bonchev–Trinajstić information content (AvgIpc) is 3.21. The third-order valence-corrected chi connectivity index (χ3v) is 3.73. The van der Waals surface area contributed by atoms with Crippen molar-refractivity contribution in [3.8, 4) is 0 Å². The van der Waals surface area contributed by atoms with Crippen LogP contribution in [0.5, 0.6) is 0 Å². The second-order valence-corrected chi connectivity index (χ2v) is 5.37. The fourth-order valence-electron chi connectivity index (χ4n) is 2.47. The van der Waals surface area contributed by atoms with E-state index in [0.717, 1.165) is 25.9 Å². The summed E-state index contributed by atoms with van der Waals surface area (Å²) in [4.78, 5) is 1.80. The monoisotopic (exact) mass is 267 g/mol. The van der Waals surface area contributed by atoms with E-state index < -0.39 is 11.6 Å². The van der Waals surface area contributed by atoms with Gasteiger partial charge in [0.15, 0.2) is 11.6 Å². The number of hydrogen-bond acceptors (Lipinski definition) is 3. The molecule has 2 N–H and O–H groups in total. The molecule has 1 saturated carbocycles. The number of halogens is 2. The molecule has 0 atom stereocenters. The summed E-state index contributed by atoms with van der Waals surface area (Å²) in [5.41, 5.74) is 1.07. The fourth-order valence-corrected chi connectivity index (χ4v) is 2.47. The highest BCUT2D eigenvalue weighted by Gasteiger charge is 2.27. The fraction of sp³-hybridized carbons (Fsp3) is 0.571. The summed E-state index contributed by atoms with van der Waals surface area (Å²) in [7, 11) is 0. The molecule has 0 radical (unpaired) electrons. The summed E-state index contributed by atoms with van der Waals surface area (Å²) in [6.07, 6.45) is 2.14. The number of rotatable bonds is 3. The van der Waals surface area contributed by atoms with Crippen LogP contribution >= 0.6 is 0 Å². The number of aryl methyl sites for hydroxylation is 1. The van der Waals surface area contributed by atoms with Crippen LogP contribution < -0.4 is 15.5 Å². The molecule has 0 amide bonds. The molecule has 2 aliphatic rings. The van der Waals surface area contributed by atoms with Crippen molar-refractivity contribution in [2.45, 2.75) is 25.8 Å². The van der Waals surface area contributed by atoms with Crippen LogP contribution in [0.2, 0.25) is 0 Å². The Bertz CT molecular complexity index is 480. The molecular formula is C14H19F2N3. The van der Waals surface area contributed by atoms with Crippen LogP contribution in [-0.2, 0) is 0 Å². The van der Waals surface area contributed by atoms with Gasteiger partial charge in [-0.1, -0.05) is 0 Å². The van der Waals surface area contributed by atoms with E-state index in [4.69, 9.17) is 0 Å². The molecule has 3 rings (SSSR count). The van der Waals surface area contributed by atoms with Gasteiger partial charge in [0.1, 0.15) is 5.69 Å². The lowest BCUT2D eigenvalue weighted by atomic mass is 10.1. The molecule has 0 unspecified atom stereocenters. The quantitative estimate of drug-likeness (QED) is 0.879. The molecule has 1 saturated heterocycles. The van der Waals surface area contributed by atoms with Gasteiger partial charge in [0, 0.05) is 32.2 Å². The molecule has 1 aromatic rings. The standard InChI is InChI=1S/C14H19F2N3/c1-9-8-11(18-10-2-3-10)13(16)14(12(9)15)19-6-4-17-5-7-19/h8,10,17-18H,2-7H2,1H3. The molecule has 0 bridgehead atoms. The van der Waals surface area contributed by atoms with Crippen LogP contribution in [0.1, 0.15) is 18.4 Å². The van der Waals surface area contributed by atoms with Gasteiger partial charge in [-0.15, -0.1) is 0 Å². The zero-order valence-corrected chi connectivity index (χ0v) is 11.1. The van der Waals surface area contributed by atoms with E-state index in [2.05, 4.69) is 10.6 Å². The topological polar surface area (TPSA) is 27.3 Å². The number of nitrogens with one attached hydrogen (secondary N) is 2. The first kappa shape index (κ1) is 12.7. The molecule has 104 valence electrons. The maximum Gasteiger partial charge on any atom is 0.172 e. The smallest absolute Gasteiger partial charge is 0.172 e. The van der Waals surface area contributed by atoms with Crippen molar-refractivity contribution >= 4 is 11.4 Å². The van der Waals surface area contributed by atoms with Crippen molar-refractivity contribution in [1.82, 2.24) is 5.32 Å². The Morgan fingerprint density at radius 1 is 1.21 bits per heavy atom. The largest absolute Gasteiger partial charge is 0.380 e. The summed E-state index contributed by atoms with van der Waals surface area (Å²) in [6, 6.07) is 1.93. The summed E-state index contributed by atoms with van der Waals surface area (Å²) < 4.78 is 28.8. The van der Waals surface area contributed by atoms with Gasteiger partial charge in [-0.3, -0.25) is 0 Å². The van der Waals surface area contributed by atoms with Crippen molar-refractivity contribution < 1.29 is 8.78 Å². The van der Waals surface area contributed by atoms with Crippen molar-refractivity contribution in [2.24, 2.45) is 0 Å². The average molecular weight is 267 g/mol. The van der Waals surface area contributed by atoms with Gasteiger partial charge in [0.25, 0.3) is 0 Å². The molecule has 3 nitrogen and oxygen atoms in total. The summed E-state index contributed by atoms with van der Waals surface area (Å²) >= 11 is 0. The van der Waals surface area contributed by atoms with Crippen LogP contribution in [0.15, 0.2) is 6.07 Å². The van der Waals surface area contributed by atoms with Crippen molar-refractivity contribution in [1.29, 1.82) is 0 Å². The Labute approximate surface area is 112 Å². The number of nitrogens with zero attached hydrogens (tertiary/aromatic N) is 1. The van der Waals surface area contributed by atoms with Gasteiger partial charge in [-0.2, -0.15) is 0 Å². The second kappa shape index (κ2) is 4.96.